The van der Waals surface area contributed by atoms with Crippen LogP contribution in [0.3, 0.4) is 0 Å². The van der Waals surface area contributed by atoms with Crippen LogP contribution in [0.25, 0.3) is 0 Å². The number of β-amino-alcohol motifs (C(OH)–C–C–N with tert-alkyl or cyclic N) is 1. The van der Waals surface area contributed by atoms with E-state index in [0.29, 0.717) is 31.2 Å². The highest BCUT2D eigenvalue weighted by Crippen LogP contribution is 2.41. The molecule has 0 amide bonds. The van der Waals surface area contributed by atoms with Crippen molar-refractivity contribution in [3.05, 3.63) is 66.2 Å². The maximum Gasteiger partial charge on any atom is 0.119 e. The van der Waals surface area contributed by atoms with Crippen LogP contribution in [0.5, 0.6) is 5.75 Å². The molecule has 1 heterocycles. The van der Waals surface area contributed by atoms with Gasteiger partial charge in [0.1, 0.15) is 18.0 Å². The number of aliphatic hydroxyl groups is 1. The predicted molar refractivity (Wildman–Crippen MR) is 113 cm³/mol. The van der Waals surface area contributed by atoms with Crippen LogP contribution in [0.15, 0.2) is 60.7 Å². The van der Waals surface area contributed by atoms with Crippen molar-refractivity contribution >= 4 is 0 Å². The summed E-state index contributed by atoms with van der Waals surface area (Å²) in [4.78, 5) is 2.37. The first-order valence-electron chi connectivity index (χ1n) is 10.5. The van der Waals surface area contributed by atoms with E-state index in [9.17, 15) is 5.11 Å². The highest BCUT2D eigenvalue weighted by molar-refractivity contribution is 5.27. The zero-order valence-electron chi connectivity index (χ0n) is 16.8. The Labute approximate surface area is 168 Å². The van der Waals surface area contributed by atoms with Crippen molar-refractivity contribution in [1.29, 1.82) is 0 Å². The molecule has 1 aliphatic heterocycles. The molecule has 4 heteroatoms. The van der Waals surface area contributed by atoms with Crippen molar-refractivity contribution in [2.45, 2.75) is 49.8 Å². The number of ether oxygens (including phenoxy) is 1. The molecule has 4 nitrogen and oxygen atoms in total. The van der Waals surface area contributed by atoms with Crippen molar-refractivity contribution in [3.8, 4) is 5.75 Å². The van der Waals surface area contributed by atoms with Crippen LogP contribution in [-0.2, 0) is 0 Å². The fourth-order valence-electron chi connectivity index (χ4n) is 4.29. The number of likely N-dealkylation sites (tertiary alicyclic amines) is 1. The average Bonchev–Trinajstić information content (AvgIpc) is 3.48. The van der Waals surface area contributed by atoms with Gasteiger partial charge in [0.15, 0.2) is 0 Å². The van der Waals surface area contributed by atoms with Crippen LogP contribution >= 0.6 is 0 Å². The van der Waals surface area contributed by atoms with Gasteiger partial charge in [0.25, 0.3) is 0 Å². The van der Waals surface area contributed by atoms with E-state index in [4.69, 9.17) is 4.74 Å². The summed E-state index contributed by atoms with van der Waals surface area (Å²) in [7, 11) is 0. The van der Waals surface area contributed by atoms with Gasteiger partial charge in [-0.15, -0.1) is 0 Å². The van der Waals surface area contributed by atoms with Gasteiger partial charge in [-0.2, -0.15) is 0 Å². The SMILES string of the molecule is CC(O)(COc1ccccc1)CN1CCC(NC2CC2c2ccccc2)CC1. The van der Waals surface area contributed by atoms with Gasteiger partial charge in [-0.3, -0.25) is 0 Å². The van der Waals surface area contributed by atoms with Crippen molar-refractivity contribution in [3.63, 3.8) is 0 Å². The third-order valence-corrected chi connectivity index (χ3v) is 5.91. The minimum absolute atomic E-state index is 0.315. The van der Waals surface area contributed by atoms with Gasteiger partial charge in [0, 0.05) is 24.5 Å². The van der Waals surface area contributed by atoms with Gasteiger partial charge in [-0.1, -0.05) is 48.5 Å². The third-order valence-electron chi connectivity index (χ3n) is 5.91. The molecular formula is C24H32N2O2. The molecule has 2 aromatic carbocycles. The molecule has 2 aliphatic rings. The van der Waals surface area contributed by atoms with Crippen LogP contribution in [0.4, 0.5) is 0 Å². The zero-order chi connectivity index (χ0) is 19.4. The zero-order valence-corrected chi connectivity index (χ0v) is 16.8. The lowest BCUT2D eigenvalue weighted by Crippen LogP contribution is -2.50. The van der Waals surface area contributed by atoms with E-state index in [1.807, 2.05) is 37.3 Å². The van der Waals surface area contributed by atoms with Crippen LogP contribution in [0.1, 0.15) is 37.7 Å². The number of rotatable bonds is 8. The van der Waals surface area contributed by atoms with E-state index in [2.05, 4.69) is 40.5 Å². The molecule has 3 unspecified atom stereocenters. The lowest BCUT2D eigenvalue weighted by atomic mass is 10.0. The summed E-state index contributed by atoms with van der Waals surface area (Å²) < 4.78 is 5.76. The summed E-state index contributed by atoms with van der Waals surface area (Å²) in [6.45, 7) is 4.90. The van der Waals surface area contributed by atoms with E-state index in [-0.39, 0.29) is 0 Å². The molecule has 3 atom stereocenters. The molecular weight excluding hydrogens is 348 g/mol. The fraction of sp³-hybridized carbons (Fsp3) is 0.500. The van der Waals surface area contributed by atoms with Crippen molar-refractivity contribution < 1.29 is 9.84 Å². The normalized spacial score (nSPS) is 25.2. The highest BCUT2D eigenvalue weighted by Gasteiger charge is 2.39. The summed E-state index contributed by atoms with van der Waals surface area (Å²) in [6.07, 6.45) is 3.55. The first-order chi connectivity index (χ1) is 13.6. The number of piperidine rings is 1. The first-order valence-corrected chi connectivity index (χ1v) is 10.5. The van der Waals surface area contributed by atoms with Gasteiger partial charge in [0.05, 0.1) is 0 Å². The van der Waals surface area contributed by atoms with E-state index < -0.39 is 5.60 Å². The number of hydrogen-bond acceptors (Lipinski definition) is 4. The summed E-state index contributed by atoms with van der Waals surface area (Å²) in [5, 5.41) is 14.6. The molecule has 1 saturated carbocycles. The Morgan fingerprint density at radius 3 is 2.36 bits per heavy atom. The summed E-state index contributed by atoms with van der Waals surface area (Å²) >= 11 is 0. The molecule has 4 rings (SSSR count). The molecule has 0 bridgehead atoms. The number of benzene rings is 2. The molecule has 2 aromatic rings. The smallest absolute Gasteiger partial charge is 0.119 e. The molecule has 0 spiro atoms. The van der Waals surface area contributed by atoms with E-state index >= 15 is 0 Å². The Morgan fingerprint density at radius 2 is 1.68 bits per heavy atom. The Hall–Kier alpha value is -1.88. The summed E-state index contributed by atoms with van der Waals surface area (Å²) in [5.41, 5.74) is 0.622. The molecule has 2 fully saturated rings. The van der Waals surface area contributed by atoms with Gasteiger partial charge in [-0.25, -0.2) is 0 Å². The largest absolute Gasteiger partial charge is 0.491 e. The van der Waals surface area contributed by atoms with Crippen LogP contribution in [0.2, 0.25) is 0 Å². The second kappa shape index (κ2) is 8.64. The van der Waals surface area contributed by atoms with Crippen LogP contribution in [-0.4, -0.2) is 53.9 Å². The van der Waals surface area contributed by atoms with Gasteiger partial charge < -0.3 is 20.1 Å². The maximum absolute atomic E-state index is 10.7. The number of nitrogens with zero attached hydrogens (tertiary/aromatic N) is 1. The van der Waals surface area contributed by atoms with E-state index in [1.165, 1.54) is 12.0 Å². The Bertz CT molecular complexity index is 727. The summed E-state index contributed by atoms with van der Waals surface area (Å²) in [6, 6.07) is 21.8. The predicted octanol–water partition coefficient (Wildman–Crippen LogP) is 3.43. The second-order valence-corrected chi connectivity index (χ2v) is 8.68. The topological polar surface area (TPSA) is 44.7 Å². The standard InChI is InChI=1S/C24H32N2O2/c1-24(27,18-28-21-10-6-3-7-11-21)17-26-14-12-20(13-15-26)25-23-16-22(23)19-8-4-2-5-9-19/h2-11,20,22-23,25,27H,12-18H2,1H3. The summed E-state index contributed by atoms with van der Waals surface area (Å²) in [5.74, 6) is 1.50. The number of nitrogens with one attached hydrogen (secondary N) is 1. The monoisotopic (exact) mass is 380 g/mol. The Kier molecular flexibility index (Phi) is 6.00. The molecule has 150 valence electrons. The molecule has 0 radical (unpaired) electrons. The second-order valence-electron chi connectivity index (χ2n) is 8.68. The minimum atomic E-state index is -0.842. The molecule has 2 N–H and O–H groups in total. The van der Waals surface area contributed by atoms with Gasteiger partial charge >= 0.3 is 0 Å². The molecule has 28 heavy (non-hydrogen) atoms. The molecule has 1 aliphatic carbocycles. The Balaban J connectivity index is 1.17. The van der Waals surface area contributed by atoms with E-state index in [0.717, 1.165) is 31.7 Å². The van der Waals surface area contributed by atoms with Gasteiger partial charge in [0.2, 0.25) is 0 Å². The minimum Gasteiger partial charge on any atom is -0.491 e. The van der Waals surface area contributed by atoms with Crippen molar-refractivity contribution in [1.82, 2.24) is 10.2 Å². The van der Waals surface area contributed by atoms with Crippen LogP contribution in [0, 0.1) is 0 Å². The third kappa shape index (κ3) is 5.34. The van der Waals surface area contributed by atoms with Gasteiger partial charge in [-0.05, 0) is 57.0 Å². The van der Waals surface area contributed by atoms with Crippen LogP contribution < -0.4 is 10.1 Å². The average molecular weight is 381 g/mol. The lowest BCUT2D eigenvalue weighted by molar-refractivity contribution is -0.0227. The maximum atomic E-state index is 10.7. The fourth-order valence-corrected chi connectivity index (χ4v) is 4.29. The number of hydrogen-bond donors (Lipinski definition) is 2. The first kappa shape index (κ1) is 19.4. The van der Waals surface area contributed by atoms with Crippen molar-refractivity contribution in [2.75, 3.05) is 26.2 Å². The van der Waals surface area contributed by atoms with E-state index in [1.54, 1.807) is 0 Å². The molecule has 1 saturated heterocycles. The Morgan fingerprint density at radius 1 is 1.04 bits per heavy atom. The highest BCUT2D eigenvalue weighted by atomic mass is 16.5. The van der Waals surface area contributed by atoms with Crippen molar-refractivity contribution in [2.24, 2.45) is 0 Å². The lowest BCUT2D eigenvalue weighted by Gasteiger charge is -2.36. The number of para-hydroxylation sites is 1. The quantitative estimate of drug-likeness (QED) is 0.737. The molecule has 0 aromatic heterocycles.